The summed E-state index contributed by atoms with van der Waals surface area (Å²) < 4.78 is 10.1. The number of aromatic nitrogens is 4. The predicted molar refractivity (Wildman–Crippen MR) is 84.9 cm³/mol. The first-order valence-electron chi connectivity index (χ1n) is 7.46. The van der Waals surface area contributed by atoms with Crippen LogP contribution in [0.1, 0.15) is 5.56 Å². The van der Waals surface area contributed by atoms with Crippen LogP contribution in [-0.2, 0) is 4.74 Å². The first kappa shape index (κ1) is 13.9. The molecule has 0 unspecified atom stereocenters. The normalized spacial score (nSPS) is 15.1. The maximum atomic E-state index is 5.41. The summed E-state index contributed by atoms with van der Waals surface area (Å²) in [7, 11) is 0. The van der Waals surface area contributed by atoms with Gasteiger partial charge >= 0.3 is 0 Å². The number of hydrogen-bond donors (Lipinski definition) is 1. The lowest BCUT2D eigenvalue weighted by atomic mass is 10.2. The van der Waals surface area contributed by atoms with Crippen LogP contribution in [0.2, 0.25) is 0 Å². The van der Waals surface area contributed by atoms with Crippen LogP contribution in [0.3, 0.4) is 0 Å². The lowest BCUT2D eigenvalue weighted by Gasteiger charge is -2.28. The van der Waals surface area contributed by atoms with Crippen LogP contribution >= 0.6 is 0 Å². The minimum atomic E-state index is 0.386. The quantitative estimate of drug-likeness (QED) is 0.784. The van der Waals surface area contributed by atoms with Gasteiger partial charge in [0.1, 0.15) is 0 Å². The van der Waals surface area contributed by atoms with Crippen molar-refractivity contribution in [2.24, 2.45) is 0 Å². The maximum absolute atomic E-state index is 5.41. The zero-order chi connectivity index (χ0) is 15.6. The summed E-state index contributed by atoms with van der Waals surface area (Å²) in [6.07, 6.45) is 0. The Morgan fingerprint density at radius 2 is 1.87 bits per heavy atom. The standard InChI is InChI=1S/C15H16N6O2/c1-10-3-2-4-11(9-10)16-14-15(21-5-7-22-8-6-21)18-13-12(17-14)19-23-20-13/h2-4,9H,5-8H2,1H3,(H,16,17,19). The van der Waals surface area contributed by atoms with Gasteiger partial charge in [0.25, 0.3) is 0 Å². The third-order valence-electron chi connectivity index (χ3n) is 3.69. The molecule has 0 aliphatic carbocycles. The number of hydrogen-bond acceptors (Lipinski definition) is 8. The van der Waals surface area contributed by atoms with Crippen molar-refractivity contribution in [3.05, 3.63) is 29.8 Å². The fraction of sp³-hybridized carbons (Fsp3) is 0.333. The Kier molecular flexibility index (Phi) is 3.51. The molecule has 1 aromatic carbocycles. The SMILES string of the molecule is Cc1cccc(Nc2nc3nonc3nc2N2CCOCC2)c1. The van der Waals surface area contributed by atoms with Gasteiger partial charge in [-0.2, -0.15) is 0 Å². The van der Waals surface area contributed by atoms with Gasteiger partial charge in [0.15, 0.2) is 11.6 Å². The molecule has 1 aliphatic rings. The van der Waals surface area contributed by atoms with E-state index in [9.17, 15) is 0 Å². The average Bonchev–Trinajstić information content (AvgIpc) is 3.02. The molecule has 1 aliphatic heterocycles. The third-order valence-corrected chi connectivity index (χ3v) is 3.69. The largest absolute Gasteiger partial charge is 0.378 e. The molecule has 1 fully saturated rings. The van der Waals surface area contributed by atoms with Crippen molar-refractivity contribution in [2.45, 2.75) is 6.92 Å². The molecule has 3 aromatic rings. The molecule has 0 spiro atoms. The van der Waals surface area contributed by atoms with E-state index in [0.717, 1.165) is 24.6 Å². The summed E-state index contributed by atoms with van der Waals surface area (Å²) in [6.45, 7) is 4.90. The number of benzene rings is 1. The zero-order valence-corrected chi connectivity index (χ0v) is 12.7. The molecule has 2 aromatic heterocycles. The number of fused-ring (bicyclic) bond motifs is 1. The van der Waals surface area contributed by atoms with Crippen molar-refractivity contribution in [3.63, 3.8) is 0 Å². The molecule has 1 saturated heterocycles. The van der Waals surface area contributed by atoms with Gasteiger partial charge in [-0.25, -0.2) is 14.6 Å². The molecule has 0 atom stereocenters. The van der Waals surface area contributed by atoms with E-state index in [2.05, 4.69) is 36.6 Å². The molecular formula is C15H16N6O2. The van der Waals surface area contributed by atoms with Crippen molar-refractivity contribution in [3.8, 4) is 0 Å². The van der Waals surface area contributed by atoms with Crippen molar-refractivity contribution < 1.29 is 9.37 Å². The first-order valence-corrected chi connectivity index (χ1v) is 7.46. The van der Waals surface area contributed by atoms with Gasteiger partial charge in [0.2, 0.25) is 11.3 Å². The lowest BCUT2D eigenvalue weighted by Crippen LogP contribution is -2.37. The Bertz CT molecular complexity index is 828. The molecular weight excluding hydrogens is 296 g/mol. The lowest BCUT2D eigenvalue weighted by molar-refractivity contribution is 0.122. The fourth-order valence-electron chi connectivity index (χ4n) is 2.57. The topological polar surface area (TPSA) is 89.2 Å². The van der Waals surface area contributed by atoms with Gasteiger partial charge in [-0.05, 0) is 34.9 Å². The highest BCUT2D eigenvalue weighted by molar-refractivity contribution is 5.77. The second kappa shape index (κ2) is 5.81. The van der Waals surface area contributed by atoms with Crippen LogP contribution in [0.25, 0.3) is 11.3 Å². The molecule has 3 heterocycles. The highest BCUT2D eigenvalue weighted by atomic mass is 16.6. The third kappa shape index (κ3) is 2.80. The smallest absolute Gasteiger partial charge is 0.245 e. The molecule has 23 heavy (non-hydrogen) atoms. The molecule has 0 bridgehead atoms. The van der Waals surface area contributed by atoms with Crippen molar-refractivity contribution in [1.29, 1.82) is 0 Å². The summed E-state index contributed by atoms with van der Waals surface area (Å²) >= 11 is 0. The number of morpholine rings is 1. The average molecular weight is 312 g/mol. The Morgan fingerprint density at radius 3 is 2.65 bits per heavy atom. The van der Waals surface area contributed by atoms with Crippen LogP contribution < -0.4 is 10.2 Å². The Morgan fingerprint density at radius 1 is 1.09 bits per heavy atom. The van der Waals surface area contributed by atoms with Gasteiger partial charge in [0.05, 0.1) is 13.2 Å². The summed E-state index contributed by atoms with van der Waals surface area (Å²) in [5.74, 6) is 1.37. The maximum Gasteiger partial charge on any atom is 0.245 e. The Balaban J connectivity index is 1.75. The minimum Gasteiger partial charge on any atom is -0.378 e. The van der Waals surface area contributed by atoms with Gasteiger partial charge < -0.3 is 15.0 Å². The van der Waals surface area contributed by atoms with Gasteiger partial charge in [0, 0.05) is 18.8 Å². The van der Waals surface area contributed by atoms with Crippen molar-refractivity contribution in [1.82, 2.24) is 20.3 Å². The van der Waals surface area contributed by atoms with E-state index >= 15 is 0 Å². The van der Waals surface area contributed by atoms with Crippen LogP contribution in [0.4, 0.5) is 17.3 Å². The molecule has 0 amide bonds. The summed E-state index contributed by atoms with van der Waals surface area (Å²) in [6, 6.07) is 8.08. The molecule has 8 heteroatoms. The van der Waals surface area contributed by atoms with Crippen molar-refractivity contribution in [2.75, 3.05) is 36.5 Å². The van der Waals surface area contributed by atoms with Crippen LogP contribution in [0, 0.1) is 6.92 Å². The molecule has 8 nitrogen and oxygen atoms in total. The molecule has 4 rings (SSSR count). The van der Waals surface area contributed by atoms with Gasteiger partial charge in [-0.1, -0.05) is 12.1 Å². The number of anilines is 3. The van der Waals surface area contributed by atoms with Crippen LogP contribution in [0.15, 0.2) is 28.9 Å². The van der Waals surface area contributed by atoms with E-state index in [1.807, 2.05) is 25.1 Å². The van der Waals surface area contributed by atoms with Crippen LogP contribution in [0.5, 0.6) is 0 Å². The van der Waals surface area contributed by atoms with Crippen molar-refractivity contribution >= 4 is 28.6 Å². The van der Waals surface area contributed by atoms with E-state index < -0.39 is 0 Å². The molecule has 0 radical (unpaired) electrons. The number of ether oxygens (including phenoxy) is 1. The highest BCUT2D eigenvalue weighted by Crippen LogP contribution is 2.27. The zero-order valence-electron chi connectivity index (χ0n) is 12.7. The summed E-state index contributed by atoms with van der Waals surface area (Å²) in [5, 5.41) is 10.9. The Hall–Kier alpha value is -2.74. The van der Waals surface area contributed by atoms with E-state index in [1.54, 1.807) is 0 Å². The summed E-state index contributed by atoms with van der Waals surface area (Å²) in [4.78, 5) is 11.2. The number of nitrogens with zero attached hydrogens (tertiary/aromatic N) is 5. The molecule has 0 saturated carbocycles. The number of nitrogens with one attached hydrogen (secondary N) is 1. The highest BCUT2D eigenvalue weighted by Gasteiger charge is 2.20. The van der Waals surface area contributed by atoms with E-state index in [0.29, 0.717) is 30.3 Å². The second-order valence-electron chi connectivity index (χ2n) is 5.40. The first-order chi connectivity index (χ1) is 11.3. The van der Waals surface area contributed by atoms with E-state index in [4.69, 9.17) is 9.37 Å². The monoisotopic (exact) mass is 312 g/mol. The minimum absolute atomic E-state index is 0.386. The van der Waals surface area contributed by atoms with Gasteiger partial charge in [-0.3, -0.25) is 0 Å². The van der Waals surface area contributed by atoms with Gasteiger partial charge in [-0.15, -0.1) is 0 Å². The number of rotatable bonds is 3. The van der Waals surface area contributed by atoms with E-state index in [-0.39, 0.29) is 0 Å². The van der Waals surface area contributed by atoms with E-state index in [1.165, 1.54) is 5.56 Å². The Labute approximate surface area is 132 Å². The second-order valence-corrected chi connectivity index (χ2v) is 5.40. The summed E-state index contributed by atoms with van der Waals surface area (Å²) in [5.41, 5.74) is 2.91. The predicted octanol–water partition coefficient (Wildman–Crippen LogP) is 1.90. The molecule has 1 N–H and O–H groups in total. The van der Waals surface area contributed by atoms with Crippen LogP contribution in [-0.4, -0.2) is 46.6 Å². The fourth-order valence-corrected chi connectivity index (χ4v) is 2.57. The molecule has 118 valence electrons. The number of aryl methyl sites for hydroxylation is 1.